The minimum absolute atomic E-state index is 0.0845. The maximum Gasteiger partial charge on any atom is 0.407 e. The van der Waals surface area contributed by atoms with Crippen molar-refractivity contribution in [2.45, 2.75) is 58.1 Å². The molecule has 2 unspecified atom stereocenters. The van der Waals surface area contributed by atoms with Gasteiger partial charge in [0.1, 0.15) is 5.60 Å². The number of hydrogen-bond donors (Lipinski definition) is 1. The predicted molar refractivity (Wildman–Crippen MR) is 104 cm³/mol. The van der Waals surface area contributed by atoms with Gasteiger partial charge < -0.3 is 15.0 Å². The molecule has 0 aromatic carbocycles. The zero-order valence-electron chi connectivity index (χ0n) is 15.8. The van der Waals surface area contributed by atoms with Crippen LogP contribution in [0.3, 0.4) is 0 Å². The molecule has 0 spiro atoms. The molecule has 0 bridgehead atoms. The fourth-order valence-electron chi connectivity index (χ4n) is 3.09. The van der Waals surface area contributed by atoms with Crippen molar-refractivity contribution < 1.29 is 14.3 Å². The van der Waals surface area contributed by atoms with Crippen molar-refractivity contribution in [3.05, 3.63) is 35.4 Å². The fourth-order valence-corrected chi connectivity index (χ4v) is 3.23. The van der Waals surface area contributed by atoms with Crippen LogP contribution in [0.25, 0.3) is 0 Å². The first-order valence-electron chi connectivity index (χ1n) is 9.22. The summed E-state index contributed by atoms with van der Waals surface area (Å²) in [7, 11) is 0. The summed E-state index contributed by atoms with van der Waals surface area (Å²) in [6.07, 6.45) is 12.1. The van der Waals surface area contributed by atoms with Gasteiger partial charge >= 0.3 is 6.09 Å². The largest absolute Gasteiger partial charge is 0.444 e. The first-order chi connectivity index (χ1) is 12.2. The Bertz CT molecular complexity index is 599. The molecule has 1 aliphatic heterocycles. The lowest BCUT2D eigenvalue weighted by atomic mass is 9.96. The van der Waals surface area contributed by atoms with E-state index in [1.165, 1.54) is 0 Å². The number of alkyl carbamates (subject to hydrolysis) is 1. The maximum absolute atomic E-state index is 12.6. The van der Waals surface area contributed by atoms with Crippen molar-refractivity contribution in [3.8, 4) is 0 Å². The van der Waals surface area contributed by atoms with Gasteiger partial charge in [-0.05, 0) is 58.1 Å². The standard InChI is InChI=1S/C20H29ClN2O3/c1-20(2,3)26-19(25)22-17(14-18(24)23-11-4-5-12-23)13-15-7-6-8-16(21)10-9-15/h6-10,15,17H,4-5,11-14H2,1-3H3,(H,22,25). The Kier molecular flexibility index (Phi) is 7.33. The lowest BCUT2D eigenvalue weighted by Crippen LogP contribution is -2.43. The normalized spacial score (nSPS) is 21.2. The number of nitrogens with one attached hydrogen (secondary N) is 1. The molecule has 144 valence electrons. The van der Waals surface area contributed by atoms with E-state index in [9.17, 15) is 9.59 Å². The van der Waals surface area contributed by atoms with Crippen molar-refractivity contribution in [2.24, 2.45) is 5.92 Å². The Labute approximate surface area is 161 Å². The Morgan fingerprint density at radius 3 is 2.65 bits per heavy atom. The zero-order chi connectivity index (χ0) is 19.2. The highest BCUT2D eigenvalue weighted by atomic mass is 35.5. The second-order valence-electron chi connectivity index (χ2n) is 7.83. The molecule has 0 saturated carbocycles. The molecular weight excluding hydrogens is 352 g/mol. The molecule has 5 nitrogen and oxygen atoms in total. The van der Waals surface area contributed by atoms with Crippen molar-refractivity contribution in [3.63, 3.8) is 0 Å². The van der Waals surface area contributed by atoms with Crippen LogP contribution in [0.15, 0.2) is 35.4 Å². The molecule has 1 fully saturated rings. The highest BCUT2D eigenvalue weighted by Gasteiger charge is 2.26. The molecule has 1 aliphatic carbocycles. The van der Waals surface area contributed by atoms with E-state index in [4.69, 9.17) is 16.3 Å². The molecule has 1 saturated heterocycles. The lowest BCUT2D eigenvalue weighted by molar-refractivity contribution is -0.130. The molecule has 2 amide bonds. The van der Waals surface area contributed by atoms with Crippen LogP contribution in [0.4, 0.5) is 4.79 Å². The van der Waals surface area contributed by atoms with Crippen LogP contribution in [0.5, 0.6) is 0 Å². The maximum atomic E-state index is 12.6. The summed E-state index contributed by atoms with van der Waals surface area (Å²) < 4.78 is 5.36. The van der Waals surface area contributed by atoms with Gasteiger partial charge in [0.05, 0.1) is 0 Å². The summed E-state index contributed by atoms with van der Waals surface area (Å²) >= 11 is 6.02. The third-order valence-corrected chi connectivity index (χ3v) is 4.53. The van der Waals surface area contributed by atoms with Crippen LogP contribution in [0, 0.1) is 5.92 Å². The Morgan fingerprint density at radius 2 is 2.00 bits per heavy atom. The van der Waals surface area contributed by atoms with E-state index >= 15 is 0 Å². The van der Waals surface area contributed by atoms with Crippen molar-refractivity contribution in [1.82, 2.24) is 10.2 Å². The van der Waals surface area contributed by atoms with E-state index < -0.39 is 11.7 Å². The molecule has 0 aromatic rings. The predicted octanol–water partition coefficient (Wildman–Crippen LogP) is 4.15. The van der Waals surface area contributed by atoms with E-state index in [-0.39, 0.29) is 24.3 Å². The van der Waals surface area contributed by atoms with E-state index in [0.717, 1.165) is 25.9 Å². The Hall–Kier alpha value is -1.75. The zero-order valence-corrected chi connectivity index (χ0v) is 16.6. The van der Waals surface area contributed by atoms with Crippen molar-refractivity contribution >= 4 is 23.6 Å². The topological polar surface area (TPSA) is 58.6 Å². The van der Waals surface area contributed by atoms with Gasteiger partial charge in [0, 0.05) is 30.6 Å². The third kappa shape index (κ3) is 7.24. The molecule has 2 aliphatic rings. The molecule has 2 atom stereocenters. The molecule has 0 radical (unpaired) electrons. The number of ether oxygens (including phenoxy) is 1. The van der Waals surface area contributed by atoms with Gasteiger partial charge in [-0.1, -0.05) is 29.8 Å². The highest BCUT2D eigenvalue weighted by Crippen LogP contribution is 2.20. The third-order valence-electron chi connectivity index (χ3n) is 4.27. The minimum Gasteiger partial charge on any atom is -0.444 e. The quantitative estimate of drug-likeness (QED) is 0.779. The number of likely N-dealkylation sites (tertiary alicyclic amines) is 1. The molecule has 1 heterocycles. The van der Waals surface area contributed by atoms with Gasteiger partial charge in [-0.2, -0.15) is 0 Å². The van der Waals surface area contributed by atoms with Gasteiger partial charge in [0.2, 0.25) is 5.91 Å². The highest BCUT2D eigenvalue weighted by molar-refractivity contribution is 6.31. The minimum atomic E-state index is -0.576. The van der Waals surface area contributed by atoms with E-state index in [0.29, 0.717) is 11.5 Å². The van der Waals surface area contributed by atoms with Crippen molar-refractivity contribution in [1.29, 1.82) is 0 Å². The first kappa shape index (κ1) is 20.6. The number of carbonyl (C=O) groups is 2. The summed E-state index contributed by atoms with van der Waals surface area (Å²) in [5, 5.41) is 3.54. The SMILES string of the molecule is CC(C)(C)OC(=O)NC(CC(=O)N1CCCC1)CC1C=CC=C(Cl)C=C1. The van der Waals surface area contributed by atoms with Crippen LogP contribution in [-0.4, -0.2) is 41.6 Å². The number of allylic oxidation sites excluding steroid dienone is 6. The number of halogens is 1. The summed E-state index contributed by atoms with van der Waals surface area (Å²) in [5.41, 5.74) is -0.576. The molecule has 2 rings (SSSR count). The summed E-state index contributed by atoms with van der Waals surface area (Å²) in [5.74, 6) is 0.176. The average molecular weight is 381 g/mol. The smallest absolute Gasteiger partial charge is 0.407 e. The Balaban J connectivity index is 2.01. The fraction of sp³-hybridized carbons (Fsp3) is 0.600. The summed E-state index contributed by atoms with van der Waals surface area (Å²) in [4.78, 5) is 26.6. The molecule has 26 heavy (non-hydrogen) atoms. The van der Waals surface area contributed by atoms with Gasteiger partial charge in [-0.3, -0.25) is 4.79 Å². The van der Waals surface area contributed by atoms with E-state index in [1.54, 1.807) is 0 Å². The van der Waals surface area contributed by atoms with Gasteiger partial charge in [0.25, 0.3) is 0 Å². The summed E-state index contributed by atoms with van der Waals surface area (Å²) in [6.45, 7) is 7.08. The molecule has 0 aromatic heterocycles. The number of nitrogens with zero attached hydrogens (tertiary/aromatic N) is 1. The number of amides is 2. The van der Waals surface area contributed by atoms with Gasteiger partial charge in [0.15, 0.2) is 0 Å². The van der Waals surface area contributed by atoms with E-state index in [1.807, 2.05) is 56.1 Å². The lowest BCUT2D eigenvalue weighted by Gasteiger charge is -2.26. The first-order valence-corrected chi connectivity index (χ1v) is 9.60. The van der Waals surface area contributed by atoms with Crippen LogP contribution >= 0.6 is 11.6 Å². The van der Waals surface area contributed by atoms with Gasteiger partial charge in [-0.25, -0.2) is 4.79 Å². The van der Waals surface area contributed by atoms with E-state index in [2.05, 4.69) is 5.32 Å². The van der Waals surface area contributed by atoms with Crippen molar-refractivity contribution in [2.75, 3.05) is 13.1 Å². The second-order valence-corrected chi connectivity index (χ2v) is 8.27. The summed E-state index contributed by atoms with van der Waals surface area (Å²) in [6, 6.07) is -0.297. The van der Waals surface area contributed by atoms with Gasteiger partial charge in [-0.15, -0.1) is 0 Å². The van der Waals surface area contributed by atoms with Crippen LogP contribution < -0.4 is 5.32 Å². The van der Waals surface area contributed by atoms with Crippen LogP contribution in [0.1, 0.15) is 46.5 Å². The van der Waals surface area contributed by atoms with Crippen LogP contribution in [-0.2, 0) is 9.53 Å². The molecule has 6 heteroatoms. The monoisotopic (exact) mass is 380 g/mol. The molecule has 1 N–H and O–H groups in total. The van der Waals surface area contributed by atoms with Crippen LogP contribution in [0.2, 0.25) is 0 Å². The number of carbonyl (C=O) groups excluding carboxylic acids is 2. The average Bonchev–Trinajstić information content (AvgIpc) is 2.97. The second kappa shape index (κ2) is 9.26. The number of rotatable bonds is 5. The Morgan fingerprint density at radius 1 is 1.31 bits per heavy atom. The number of hydrogen-bond acceptors (Lipinski definition) is 3. The molecular formula is C20H29ClN2O3.